The Morgan fingerprint density at radius 3 is 2.42 bits per heavy atom. The van der Waals surface area contributed by atoms with Crippen LogP contribution in [0.25, 0.3) is 0 Å². The number of hydrogen-bond donors (Lipinski definition) is 2. The minimum atomic E-state index is -0.0837. The van der Waals surface area contributed by atoms with Gasteiger partial charge in [-0.05, 0) is 39.0 Å². The van der Waals surface area contributed by atoms with Gasteiger partial charge in [0.1, 0.15) is 0 Å². The molecule has 0 aromatic carbocycles. The van der Waals surface area contributed by atoms with E-state index < -0.39 is 0 Å². The van der Waals surface area contributed by atoms with Gasteiger partial charge < -0.3 is 20.1 Å². The topological polar surface area (TPSA) is 72.0 Å². The lowest BCUT2D eigenvalue weighted by atomic mass is 10.1. The van der Waals surface area contributed by atoms with Crippen LogP contribution in [-0.4, -0.2) is 51.4 Å². The Hall–Kier alpha value is -0.570. The van der Waals surface area contributed by atoms with Crippen molar-refractivity contribution in [3.8, 4) is 0 Å². The lowest BCUT2D eigenvalue weighted by Gasteiger charge is -2.11. The Morgan fingerprint density at radius 1 is 1.04 bits per heavy atom. The molecule has 0 aromatic heterocycles. The van der Waals surface area contributed by atoms with Crippen molar-refractivity contribution in [2.24, 2.45) is 10.9 Å². The molecule has 0 aromatic rings. The van der Waals surface area contributed by atoms with Crippen molar-refractivity contribution in [1.29, 1.82) is 0 Å². The summed E-state index contributed by atoms with van der Waals surface area (Å²) in [5.41, 5.74) is 0. The summed E-state index contributed by atoms with van der Waals surface area (Å²) >= 11 is 0. The molecule has 0 saturated carbocycles. The van der Waals surface area contributed by atoms with E-state index in [2.05, 4.69) is 36.4 Å². The van der Waals surface area contributed by atoms with E-state index >= 15 is 0 Å². The largest absolute Gasteiger partial charge is 0.466 e. The van der Waals surface area contributed by atoms with Gasteiger partial charge in [0, 0.05) is 39.3 Å². The molecule has 0 aliphatic heterocycles. The number of aliphatic imine (C=N–C) groups is 1. The van der Waals surface area contributed by atoms with Gasteiger partial charge in [0.05, 0.1) is 6.61 Å². The van der Waals surface area contributed by atoms with Crippen LogP contribution in [0.4, 0.5) is 0 Å². The molecule has 0 atom stereocenters. The van der Waals surface area contributed by atoms with Gasteiger partial charge in [-0.2, -0.15) is 0 Å². The van der Waals surface area contributed by atoms with Crippen molar-refractivity contribution >= 4 is 35.9 Å². The predicted molar refractivity (Wildman–Crippen MR) is 119 cm³/mol. The van der Waals surface area contributed by atoms with Crippen LogP contribution in [0.1, 0.15) is 66.2 Å². The van der Waals surface area contributed by atoms with E-state index in [1.165, 1.54) is 0 Å². The molecule has 0 radical (unpaired) electrons. The second-order valence-corrected chi connectivity index (χ2v) is 6.48. The van der Waals surface area contributed by atoms with Gasteiger partial charge >= 0.3 is 5.97 Å². The van der Waals surface area contributed by atoms with Crippen LogP contribution < -0.4 is 10.6 Å². The zero-order valence-corrected chi connectivity index (χ0v) is 19.5. The number of halogens is 1. The number of hydrogen-bond acceptors (Lipinski definition) is 4. The van der Waals surface area contributed by atoms with Crippen LogP contribution in [0, 0.1) is 5.92 Å². The molecule has 0 amide bonds. The molecule has 0 unspecified atom stereocenters. The number of unbranched alkanes of at least 4 members (excludes halogenated alkanes) is 3. The summed E-state index contributed by atoms with van der Waals surface area (Å²) < 4.78 is 10.5. The van der Waals surface area contributed by atoms with Crippen LogP contribution in [0.5, 0.6) is 0 Å². The molecule has 26 heavy (non-hydrogen) atoms. The van der Waals surface area contributed by atoms with Crippen molar-refractivity contribution in [2.45, 2.75) is 66.2 Å². The molecule has 0 fully saturated rings. The summed E-state index contributed by atoms with van der Waals surface area (Å²) in [7, 11) is 0. The Morgan fingerprint density at radius 2 is 1.77 bits per heavy atom. The Labute approximate surface area is 177 Å². The Balaban J connectivity index is 0. The number of rotatable bonds is 15. The third-order valence-electron chi connectivity index (χ3n) is 3.42. The highest BCUT2D eigenvalue weighted by Crippen LogP contribution is 2.03. The first-order valence-corrected chi connectivity index (χ1v) is 9.85. The number of carbonyl (C=O) groups excluding carboxylic acids is 1. The lowest BCUT2D eigenvalue weighted by Crippen LogP contribution is -2.37. The summed E-state index contributed by atoms with van der Waals surface area (Å²) in [6.45, 7) is 12.8. The number of nitrogens with one attached hydrogen (secondary N) is 2. The molecule has 0 rings (SSSR count). The standard InChI is InChI=1S/C19H39N3O3.HI/c1-5-20-19(22-14-11-15-24-16-17(3)4)21-13-10-8-7-9-12-18(23)25-6-2;/h17H,5-16H2,1-4H3,(H2,20,21,22);1H. The van der Waals surface area contributed by atoms with Crippen molar-refractivity contribution in [2.75, 3.05) is 39.5 Å². The molecule has 2 N–H and O–H groups in total. The normalized spacial score (nSPS) is 11.2. The number of guanidine groups is 1. The van der Waals surface area contributed by atoms with E-state index in [1.807, 2.05) is 6.92 Å². The van der Waals surface area contributed by atoms with Gasteiger partial charge in [-0.1, -0.05) is 26.7 Å². The third-order valence-corrected chi connectivity index (χ3v) is 3.42. The number of esters is 1. The number of carbonyl (C=O) groups is 1. The van der Waals surface area contributed by atoms with E-state index in [4.69, 9.17) is 9.47 Å². The molecular weight excluding hydrogens is 445 g/mol. The average molecular weight is 485 g/mol. The summed E-state index contributed by atoms with van der Waals surface area (Å²) in [4.78, 5) is 15.8. The monoisotopic (exact) mass is 485 g/mol. The maximum absolute atomic E-state index is 11.2. The molecule has 0 spiro atoms. The molecule has 7 heteroatoms. The first-order valence-electron chi connectivity index (χ1n) is 9.85. The molecule has 156 valence electrons. The van der Waals surface area contributed by atoms with Gasteiger partial charge in [0.2, 0.25) is 0 Å². The highest BCUT2D eigenvalue weighted by Gasteiger charge is 2.01. The maximum Gasteiger partial charge on any atom is 0.305 e. The van der Waals surface area contributed by atoms with Crippen molar-refractivity contribution < 1.29 is 14.3 Å². The quantitative estimate of drug-likeness (QED) is 0.122. The van der Waals surface area contributed by atoms with Gasteiger partial charge in [0.15, 0.2) is 5.96 Å². The van der Waals surface area contributed by atoms with E-state index in [1.54, 1.807) is 0 Å². The Kier molecular flexibility index (Phi) is 22.1. The second kappa shape index (κ2) is 20.7. The zero-order valence-electron chi connectivity index (χ0n) is 17.1. The Bertz CT molecular complexity index is 353. The van der Waals surface area contributed by atoms with Crippen molar-refractivity contribution in [1.82, 2.24) is 10.6 Å². The fourth-order valence-corrected chi connectivity index (χ4v) is 2.21. The number of nitrogens with zero attached hydrogens (tertiary/aromatic N) is 1. The van der Waals surface area contributed by atoms with Gasteiger partial charge in [-0.3, -0.25) is 9.79 Å². The second-order valence-electron chi connectivity index (χ2n) is 6.48. The zero-order chi connectivity index (χ0) is 18.8. The van der Waals surface area contributed by atoms with Crippen LogP contribution in [0.15, 0.2) is 4.99 Å². The average Bonchev–Trinajstić information content (AvgIpc) is 2.56. The first-order chi connectivity index (χ1) is 12.1. The minimum absolute atomic E-state index is 0. The summed E-state index contributed by atoms with van der Waals surface area (Å²) in [6, 6.07) is 0. The van der Waals surface area contributed by atoms with E-state index in [-0.39, 0.29) is 29.9 Å². The van der Waals surface area contributed by atoms with Crippen LogP contribution >= 0.6 is 24.0 Å². The van der Waals surface area contributed by atoms with Crippen LogP contribution in [0.3, 0.4) is 0 Å². The molecule has 0 heterocycles. The number of ether oxygens (including phenoxy) is 2. The van der Waals surface area contributed by atoms with Crippen LogP contribution in [-0.2, 0) is 14.3 Å². The van der Waals surface area contributed by atoms with Gasteiger partial charge in [-0.15, -0.1) is 24.0 Å². The molecule has 0 bridgehead atoms. The van der Waals surface area contributed by atoms with E-state index in [0.29, 0.717) is 18.9 Å². The van der Waals surface area contributed by atoms with Gasteiger partial charge in [-0.25, -0.2) is 0 Å². The van der Waals surface area contributed by atoms with E-state index in [0.717, 1.165) is 70.9 Å². The molecular formula is C19H40IN3O3. The molecule has 0 aliphatic carbocycles. The summed E-state index contributed by atoms with van der Waals surface area (Å²) in [6.07, 6.45) is 5.62. The highest BCUT2D eigenvalue weighted by atomic mass is 127. The first kappa shape index (κ1) is 27.6. The lowest BCUT2D eigenvalue weighted by molar-refractivity contribution is -0.143. The fraction of sp³-hybridized carbons (Fsp3) is 0.895. The maximum atomic E-state index is 11.2. The molecule has 0 saturated heterocycles. The highest BCUT2D eigenvalue weighted by molar-refractivity contribution is 14.0. The molecule has 6 nitrogen and oxygen atoms in total. The van der Waals surface area contributed by atoms with Crippen LogP contribution in [0.2, 0.25) is 0 Å². The smallest absolute Gasteiger partial charge is 0.305 e. The van der Waals surface area contributed by atoms with Crippen molar-refractivity contribution in [3.63, 3.8) is 0 Å². The third kappa shape index (κ3) is 19.8. The SMILES string of the molecule is CCNC(=NCCCOCC(C)C)NCCCCCCC(=O)OCC.I. The predicted octanol–water partition coefficient (Wildman–Crippen LogP) is 3.74. The summed E-state index contributed by atoms with van der Waals surface area (Å²) in [5, 5.41) is 6.62. The summed E-state index contributed by atoms with van der Waals surface area (Å²) in [5.74, 6) is 1.37. The van der Waals surface area contributed by atoms with Gasteiger partial charge in [0.25, 0.3) is 0 Å². The van der Waals surface area contributed by atoms with Crippen molar-refractivity contribution in [3.05, 3.63) is 0 Å². The minimum Gasteiger partial charge on any atom is -0.466 e. The van der Waals surface area contributed by atoms with E-state index in [9.17, 15) is 4.79 Å². The fourth-order valence-electron chi connectivity index (χ4n) is 2.21. The molecule has 0 aliphatic rings.